The second-order valence-electron chi connectivity index (χ2n) is 8.24. The number of hydrogen-bond donors (Lipinski definition) is 1. The highest BCUT2D eigenvalue weighted by Crippen LogP contribution is 2.27. The number of nitrogens with one attached hydrogen (secondary N) is 1. The maximum Gasteiger partial charge on any atom is 0.257 e. The lowest BCUT2D eigenvalue weighted by molar-refractivity contribution is 0.0754. The van der Waals surface area contributed by atoms with Crippen molar-refractivity contribution >= 4 is 11.6 Å². The topological polar surface area (TPSA) is 57.7 Å². The summed E-state index contributed by atoms with van der Waals surface area (Å²) < 4.78 is 19.6. The zero-order valence-corrected chi connectivity index (χ0v) is 19.0. The number of fused-ring (bicyclic) bond motifs is 1. The van der Waals surface area contributed by atoms with E-state index in [1.54, 1.807) is 24.5 Å². The van der Waals surface area contributed by atoms with Crippen LogP contribution in [0.3, 0.4) is 0 Å². The molecule has 1 amide bonds. The molecular weight excluding hydrogens is 419 g/mol. The Hall–Kier alpha value is -3.45. The van der Waals surface area contributed by atoms with Crippen LogP contribution in [0.15, 0.2) is 67.0 Å². The Morgan fingerprint density at radius 2 is 1.85 bits per heavy atom. The van der Waals surface area contributed by atoms with Gasteiger partial charge in [-0.3, -0.25) is 9.78 Å². The standard InChI is InChI=1S/C26H29FN4O2/c1-28-13-12-25(20-5-7-21(27)8-6-20)33-22-9-3-19(4-10-22)18-31-16-15-30(2)24-11-14-29-17-23(24)26(31)32/h3-11,14,17,25,28H,12-13,15-16,18H2,1-2H3. The van der Waals surface area contributed by atoms with Gasteiger partial charge in [-0.2, -0.15) is 0 Å². The molecule has 0 aliphatic carbocycles. The van der Waals surface area contributed by atoms with Crippen LogP contribution in [0.5, 0.6) is 5.75 Å². The number of hydrogen-bond acceptors (Lipinski definition) is 5. The summed E-state index contributed by atoms with van der Waals surface area (Å²) in [6.45, 7) is 2.69. The molecule has 0 spiro atoms. The van der Waals surface area contributed by atoms with Crippen molar-refractivity contribution in [2.45, 2.75) is 19.1 Å². The molecule has 33 heavy (non-hydrogen) atoms. The molecule has 1 aliphatic rings. The van der Waals surface area contributed by atoms with E-state index >= 15 is 0 Å². The minimum Gasteiger partial charge on any atom is -0.486 e. The smallest absolute Gasteiger partial charge is 0.257 e. The Morgan fingerprint density at radius 3 is 2.58 bits per heavy atom. The lowest BCUT2D eigenvalue weighted by Gasteiger charge is -2.22. The van der Waals surface area contributed by atoms with Crippen molar-refractivity contribution in [2.75, 3.05) is 38.6 Å². The molecule has 2 aromatic carbocycles. The van der Waals surface area contributed by atoms with Gasteiger partial charge in [0.2, 0.25) is 0 Å². The van der Waals surface area contributed by atoms with Crippen LogP contribution in [0.1, 0.15) is 34.0 Å². The van der Waals surface area contributed by atoms with Crippen molar-refractivity contribution in [3.63, 3.8) is 0 Å². The molecule has 1 atom stereocenters. The SMILES string of the molecule is CNCCC(Oc1ccc(CN2CCN(C)c3ccncc3C2=O)cc1)c1ccc(F)cc1. The summed E-state index contributed by atoms with van der Waals surface area (Å²) in [6.07, 6.45) is 3.93. The third-order valence-corrected chi connectivity index (χ3v) is 5.91. The van der Waals surface area contributed by atoms with E-state index in [1.807, 2.05) is 49.3 Å². The van der Waals surface area contributed by atoms with Crippen LogP contribution >= 0.6 is 0 Å². The fourth-order valence-electron chi connectivity index (χ4n) is 4.00. The number of aromatic nitrogens is 1. The van der Waals surface area contributed by atoms with E-state index in [-0.39, 0.29) is 17.8 Å². The fourth-order valence-corrected chi connectivity index (χ4v) is 4.00. The predicted molar refractivity (Wildman–Crippen MR) is 127 cm³/mol. The zero-order valence-electron chi connectivity index (χ0n) is 19.0. The van der Waals surface area contributed by atoms with Gasteiger partial charge in [0, 0.05) is 45.5 Å². The van der Waals surface area contributed by atoms with Gasteiger partial charge in [-0.1, -0.05) is 24.3 Å². The number of amides is 1. The van der Waals surface area contributed by atoms with E-state index < -0.39 is 0 Å². The average Bonchev–Trinajstić information content (AvgIpc) is 2.96. The first-order valence-electron chi connectivity index (χ1n) is 11.1. The molecule has 1 unspecified atom stereocenters. The summed E-state index contributed by atoms with van der Waals surface area (Å²) in [5, 5.41) is 3.14. The Kier molecular flexibility index (Phi) is 7.19. The summed E-state index contributed by atoms with van der Waals surface area (Å²) in [4.78, 5) is 21.2. The van der Waals surface area contributed by atoms with Crippen LogP contribution in [0.25, 0.3) is 0 Å². The zero-order chi connectivity index (χ0) is 23.2. The quantitative estimate of drug-likeness (QED) is 0.564. The molecule has 1 aromatic heterocycles. The van der Waals surface area contributed by atoms with Crippen molar-refractivity contribution in [3.05, 3.63) is 89.5 Å². The number of anilines is 1. The Balaban J connectivity index is 1.45. The number of likely N-dealkylation sites (N-methyl/N-ethyl adjacent to an activating group) is 1. The molecule has 1 aliphatic heterocycles. The number of halogens is 1. The van der Waals surface area contributed by atoms with Gasteiger partial charge < -0.3 is 19.9 Å². The molecule has 172 valence electrons. The summed E-state index contributed by atoms with van der Waals surface area (Å²) >= 11 is 0. The third-order valence-electron chi connectivity index (χ3n) is 5.91. The second-order valence-corrected chi connectivity index (χ2v) is 8.24. The largest absolute Gasteiger partial charge is 0.486 e. The fraction of sp³-hybridized carbons (Fsp3) is 0.308. The maximum atomic E-state index is 13.3. The number of nitrogens with zero attached hydrogens (tertiary/aromatic N) is 3. The lowest BCUT2D eigenvalue weighted by atomic mass is 10.1. The van der Waals surface area contributed by atoms with Crippen molar-refractivity contribution < 1.29 is 13.9 Å². The third kappa shape index (κ3) is 5.49. The number of pyridine rings is 1. The first-order chi connectivity index (χ1) is 16.0. The molecule has 1 N–H and O–H groups in total. The van der Waals surface area contributed by atoms with Crippen LogP contribution in [0, 0.1) is 5.82 Å². The van der Waals surface area contributed by atoms with E-state index in [0.29, 0.717) is 18.7 Å². The van der Waals surface area contributed by atoms with Crippen LogP contribution < -0.4 is 15.0 Å². The van der Waals surface area contributed by atoms with Gasteiger partial charge in [0.05, 0.1) is 11.3 Å². The van der Waals surface area contributed by atoms with Crippen LogP contribution in [0.4, 0.5) is 10.1 Å². The van der Waals surface area contributed by atoms with Crippen molar-refractivity contribution in [1.82, 2.24) is 15.2 Å². The average molecular weight is 449 g/mol. The van der Waals surface area contributed by atoms with Crippen LogP contribution in [-0.4, -0.2) is 49.5 Å². The van der Waals surface area contributed by atoms with Gasteiger partial charge in [0.1, 0.15) is 17.7 Å². The summed E-state index contributed by atoms with van der Waals surface area (Å²) in [5.74, 6) is 0.468. The van der Waals surface area contributed by atoms with E-state index in [0.717, 1.165) is 42.1 Å². The number of carbonyl (C=O) groups is 1. The first kappa shape index (κ1) is 22.7. The van der Waals surface area contributed by atoms with E-state index in [2.05, 4.69) is 15.2 Å². The molecule has 7 heteroatoms. The molecule has 4 rings (SSSR count). The van der Waals surface area contributed by atoms with Gasteiger partial charge in [-0.25, -0.2) is 4.39 Å². The van der Waals surface area contributed by atoms with Crippen molar-refractivity contribution in [1.29, 1.82) is 0 Å². The Bertz CT molecular complexity index is 1070. The monoisotopic (exact) mass is 448 g/mol. The van der Waals surface area contributed by atoms with Gasteiger partial charge >= 0.3 is 0 Å². The Morgan fingerprint density at radius 1 is 1.09 bits per heavy atom. The van der Waals surface area contributed by atoms with Crippen LogP contribution in [-0.2, 0) is 6.54 Å². The number of rotatable bonds is 8. The first-order valence-corrected chi connectivity index (χ1v) is 11.1. The van der Waals surface area contributed by atoms with Gasteiger partial charge in [0.15, 0.2) is 0 Å². The highest BCUT2D eigenvalue weighted by atomic mass is 19.1. The molecular formula is C26H29FN4O2. The molecule has 0 radical (unpaired) electrons. The molecule has 0 saturated carbocycles. The summed E-state index contributed by atoms with van der Waals surface area (Å²) in [5.41, 5.74) is 3.50. The maximum absolute atomic E-state index is 13.3. The minimum absolute atomic E-state index is 0.00813. The number of benzene rings is 2. The van der Waals surface area contributed by atoms with Crippen LogP contribution in [0.2, 0.25) is 0 Å². The second kappa shape index (κ2) is 10.4. The van der Waals surface area contributed by atoms with E-state index in [4.69, 9.17) is 4.74 Å². The summed E-state index contributed by atoms with van der Waals surface area (Å²) in [6, 6.07) is 16.1. The van der Waals surface area contributed by atoms with E-state index in [9.17, 15) is 9.18 Å². The van der Waals surface area contributed by atoms with Gasteiger partial charge in [-0.05, 0) is 55.1 Å². The minimum atomic E-state index is -0.261. The molecule has 6 nitrogen and oxygen atoms in total. The molecule has 0 saturated heterocycles. The van der Waals surface area contributed by atoms with Crippen molar-refractivity contribution in [3.8, 4) is 5.75 Å². The van der Waals surface area contributed by atoms with Gasteiger partial charge in [0.25, 0.3) is 5.91 Å². The van der Waals surface area contributed by atoms with Gasteiger partial charge in [-0.15, -0.1) is 0 Å². The molecule has 0 fully saturated rings. The molecule has 3 aromatic rings. The molecule has 2 heterocycles. The highest BCUT2D eigenvalue weighted by molar-refractivity contribution is 6.00. The lowest BCUT2D eigenvalue weighted by Crippen LogP contribution is -2.33. The van der Waals surface area contributed by atoms with E-state index in [1.165, 1.54) is 12.1 Å². The van der Waals surface area contributed by atoms with Crippen molar-refractivity contribution in [2.24, 2.45) is 0 Å². The number of carbonyl (C=O) groups excluding carboxylic acids is 1. The Labute approximate surface area is 194 Å². The molecule has 0 bridgehead atoms. The predicted octanol–water partition coefficient (Wildman–Crippen LogP) is 4.04. The highest BCUT2D eigenvalue weighted by Gasteiger charge is 2.25. The summed E-state index contributed by atoms with van der Waals surface area (Å²) in [7, 11) is 3.89. The normalized spacial score (nSPS) is 14.6. The number of ether oxygens (including phenoxy) is 1.